The number of phenolic OH excluding ortho intramolecular Hbond substituents is 1. The molecule has 2 rings (SSSR count). The number of carbonyl (C=O) groups excluding carboxylic acids is 1. The van der Waals surface area contributed by atoms with Crippen LogP contribution in [0.5, 0.6) is 17.2 Å². The highest BCUT2D eigenvalue weighted by molar-refractivity contribution is 5.95. The first-order valence-electron chi connectivity index (χ1n) is 8.13. The van der Waals surface area contributed by atoms with Crippen molar-refractivity contribution in [3.63, 3.8) is 0 Å². The second-order valence-electron chi connectivity index (χ2n) is 7.05. The van der Waals surface area contributed by atoms with E-state index in [-0.39, 0.29) is 11.7 Å². The Morgan fingerprint density at radius 2 is 1.80 bits per heavy atom. The second kappa shape index (κ2) is 7.00. The highest BCUT2D eigenvalue weighted by Crippen LogP contribution is 2.54. The summed E-state index contributed by atoms with van der Waals surface area (Å²) in [4.78, 5) is 14.2. The molecule has 0 radical (unpaired) electrons. The highest BCUT2D eigenvalue weighted by Gasteiger charge is 2.41. The number of methoxy groups -OCH3 is 3. The van der Waals surface area contributed by atoms with Crippen molar-refractivity contribution in [3.8, 4) is 17.2 Å². The first-order chi connectivity index (χ1) is 11.7. The van der Waals surface area contributed by atoms with Crippen molar-refractivity contribution in [3.05, 3.63) is 11.1 Å². The van der Waals surface area contributed by atoms with Crippen LogP contribution in [-0.4, -0.2) is 51.3 Å². The van der Waals surface area contributed by atoms with E-state index in [4.69, 9.17) is 18.9 Å². The Hall–Kier alpha value is -2.15. The van der Waals surface area contributed by atoms with Gasteiger partial charge in [0.25, 0.3) is 0 Å². The summed E-state index contributed by atoms with van der Waals surface area (Å²) in [5, 5.41) is 10.7. The number of anilines is 1. The fraction of sp³-hybridized carbons (Fsp3) is 0.611. The standard InChI is InChI=1S/C18H27NO6/c1-10-15(23-6)13-12(14(20)16(10)24-7)11(9-22-5)8-19(13)17(21)25-18(2,3)4/h11,20H,8-9H2,1-7H3. The number of nitrogens with zero attached hydrogens (tertiary/aromatic N) is 1. The third kappa shape index (κ3) is 3.46. The minimum atomic E-state index is -0.632. The van der Waals surface area contributed by atoms with Crippen molar-refractivity contribution < 1.29 is 28.8 Å². The van der Waals surface area contributed by atoms with Crippen molar-refractivity contribution >= 4 is 11.8 Å². The van der Waals surface area contributed by atoms with Gasteiger partial charge >= 0.3 is 6.09 Å². The fourth-order valence-corrected chi connectivity index (χ4v) is 3.19. The molecule has 25 heavy (non-hydrogen) atoms. The van der Waals surface area contributed by atoms with Gasteiger partial charge in [-0.3, -0.25) is 4.90 Å². The molecule has 1 aromatic rings. The van der Waals surface area contributed by atoms with Gasteiger partial charge in [-0.05, 0) is 27.7 Å². The number of hydrogen-bond donors (Lipinski definition) is 1. The van der Waals surface area contributed by atoms with Crippen LogP contribution in [0.15, 0.2) is 0 Å². The number of hydrogen-bond acceptors (Lipinski definition) is 6. The van der Waals surface area contributed by atoms with Gasteiger partial charge in [-0.2, -0.15) is 0 Å². The molecule has 1 amide bonds. The molecule has 1 unspecified atom stereocenters. The third-order valence-electron chi connectivity index (χ3n) is 4.09. The summed E-state index contributed by atoms with van der Waals surface area (Å²) in [6.45, 7) is 7.87. The maximum Gasteiger partial charge on any atom is 0.414 e. The van der Waals surface area contributed by atoms with Crippen LogP contribution in [0.4, 0.5) is 10.5 Å². The minimum Gasteiger partial charge on any atom is -0.504 e. The van der Waals surface area contributed by atoms with Gasteiger partial charge in [0.1, 0.15) is 11.4 Å². The molecule has 0 saturated heterocycles. The predicted molar refractivity (Wildman–Crippen MR) is 94.1 cm³/mol. The number of phenols is 1. The molecule has 0 saturated carbocycles. The van der Waals surface area contributed by atoms with Crippen molar-refractivity contribution in [2.24, 2.45) is 0 Å². The predicted octanol–water partition coefficient (Wildman–Crippen LogP) is 3.20. The lowest BCUT2D eigenvalue weighted by molar-refractivity contribution is 0.0578. The SMILES string of the molecule is COCC1CN(C(=O)OC(C)(C)C)c2c(OC)c(C)c(OC)c(O)c21. The normalized spacial score (nSPS) is 16.6. The molecule has 0 aromatic heterocycles. The Kier molecular flexibility index (Phi) is 5.37. The molecule has 1 N–H and O–H groups in total. The molecule has 0 aliphatic carbocycles. The van der Waals surface area contributed by atoms with Crippen LogP contribution in [0.1, 0.15) is 37.8 Å². The number of amides is 1. The average molecular weight is 353 g/mol. The summed E-state index contributed by atoms with van der Waals surface area (Å²) >= 11 is 0. The number of rotatable bonds is 4. The van der Waals surface area contributed by atoms with Crippen LogP contribution >= 0.6 is 0 Å². The molecule has 1 atom stereocenters. The summed E-state index contributed by atoms with van der Waals surface area (Å²) in [5.74, 6) is 0.608. The zero-order valence-electron chi connectivity index (χ0n) is 15.9. The molecular formula is C18H27NO6. The Morgan fingerprint density at radius 3 is 2.28 bits per heavy atom. The molecular weight excluding hydrogens is 326 g/mol. The first-order valence-corrected chi connectivity index (χ1v) is 8.13. The number of carbonyl (C=O) groups is 1. The van der Waals surface area contributed by atoms with Crippen LogP contribution in [0, 0.1) is 6.92 Å². The van der Waals surface area contributed by atoms with Gasteiger partial charge in [-0.15, -0.1) is 0 Å². The summed E-state index contributed by atoms with van der Waals surface area (Å²) < 4.78 is 21.7. The molecule has 7 heteroatoms. The van der Waals surface area contributed by atoms with E-state index in [1.54, 1.807) is 14.0 Å². The van der Waals surface area contributed by atoms with E-state index in [1.165, 1.54) is 19.1 Å². The fourth-order valence-electron chi connectivity index (χ4n) is 3.19. The molecule has 1 aromatic carbocycles. The van der Waals surface area contributed by atoms with Gasteiger partial charge in [0.15, 0.2) is 11.5 Å². The summed E-state index contributed by atoms with van der Waals surface area (Å²) in [7, 11) is 4.59. The summed E-state index contributed by atoms with van der Waals surface area (Å²) in [6, 6.07) is 0. The van der Waals surface area contributed by atoms with Crippen molar-refractivity contribution in [2.45, 2.75) is 39.2 Å². The number of benzene rings is 1. The Morgan fingerprint density at radius 1 is 1.20 bits per heavy atom. The van der Waals surface area contributed by atoms with Gasteiger partial charge in [0.2, 0.25) is 0 Å². The van der Waals surface area contributed by atoms with E-state index in [9.17, 15) is 9.90 Å². The largest absolute Gasteiger partial charge is 0.504 e. The lowest BCUT2D eigenvalue weighted by atomic mass is 9.97. The lowest BCUT2D eigenvalue weighted by Gasteiger charge is -2.26. The topological polar surface area (TPSA) is 77.5 Å². The first kappa shape index (κ1) is 19.2. The zero-order chi connectivity index (χ0) is 18.9. The third-order valence-corrected chi connectivity index (χ3v) is 4.09. The highest BCUT2D eigenvalue weighted by atomic mass is 16.6. The van der Waals surface area contributed by atoms with Gasteiger partial charge in [0, 0.05) is 30.7 Å². The van der Waals surface area contributed by atoms with Gasteiger partial charge in [0.05, 0.1) is 26.5 Å². The molecule has 1 heterocycles. The Labute approximate surface area is 148 Å². The lowest BCUT2D eigenvalue weighted by Crippen LogP contribution is -2.36. The molecule has 1 aliphatic heterocycles. The van der Waals surface area contributed by atoms with E-state index in [0.29, 0.717) is 41.5 Å². The smallest absolute Gasteiger partial charge is 0.414 e. The monoisotopic (exact) mass is 353 g/mol. The zero-order valence-corrected chi connectivity index (χ0v) is 15.9. The molecule has 140 valence electrons. The number of ether oxygens (including phenoxy) is 4. The maximum absolute atomic E-state index is 12.7. The van der Waals surface area contributed by atoms with Crippen LogP contribution in [0.25, 0.3) is 0 Å². The molecule has 0 bridgehead atoms. The van der Waals surface area contributed by atoms with Crippen molar-refractivity contribution in [1.29, 1.82) is 0 Å². The van der Waals surface area contributed by atoms with E-state index in [0.717, 1.165) is 0 Å². The van der Waals surface area contributed by atoms with E-state index < -0.39 is 11.7 Å². The van der Waals surface area contributed by atoms with Crippen LogP contribution in [0.3, 0.4) is 0 Å². The molecule has 0 fully saturated rings. The maximum atomic E-state index is 12.7. The molecule has 0 spiro atoms. The average Bonchev–Trinajstić information content (AvgIpc) is 2.87. The van der Waals surface area contributed by atoms with Gasteiger partial charge in [-0.1, -0.05) is 0 Å². The Balaban J connectivity index is 2.64. The second-order valence-corrected chi connectivity index (χ2v) is 7.05. The van der Waals surface area contributed by atoms with Crippen LogP contribution in [0.2, 0.25) is 0 Å². The summed E-state index contributed by atoms with van der Waals surface area (Å²) in [6.07, 6.45) is -0.491. The molecule has 7 nitrogen and oxygen atoms in total. The quantitative estimate of drug-likeness (QED) is 0.896. The van der Waals surface area contributed by atoms with E-state index >= 15 is 0 Å². The minimum absolute atomic E-state index is 0.00362. The van der Waals surface area contributed by atoms with E-state index in [2.05, 4.69) is 0 Å². The Bertz CT molecular complexity index is 665. The van der Waals surface area contributed by atoms with E-state index in [1.807, 2.05) is 20.8 Å². The van der Waals surface area contributed by atoms with Crippen LogP contribution in [-0.2, 0) is 9.47 Å². The number of aromatic hydroxyl groups is 1. The van der Waals surface area contributed by atoms with Gasteiger partial charge < -0.3 is 24.1 Å². The van der Waals surface area contributed by atoms with Crippen molar-refractivity contribution in [2.75, 3.05) is 39.4 Å². The molecule has 1 aliphatic rings. The van der Waals surface area contributed by atoms with Gasteiger partial charge in [-0.25, -0.2) is 4.79 Å². The summed E-state index contributed by atoms with van der Waals surface area (Å²) in [5.41, 5.74) is 1.07. The van der Waals surface area contributed by atoms with Crippen molar-refractivity contribution in [1.82, 2.24) is 0 Å². The number of fused-ring (bicyclic) bond motifs is 1. The van der Waals surface area contributed by atoms with Crippen LogP contribution < -0.4 is 14.4 Å².